The maximum absolute atomic E-state index is 11.8. The summed E-state index contributed by atoms with van der Waals surface area (Å²) in [4.78, 5) is 23.3. The van der Waals surface area contributed by atoms with Crippen LogP contribution in [0.4, 0.5) is 5.69 Å². The Morgan fingerprint density at radius 2 is 1.92 bits per heavy atom. The van der Waals surface area contributed by atoms with Crippen LogP contribution in [0.1, 0.15) is 31.1 Å². The normalized spacial score (nSPS) is 10.5. The Bertz CT molecular complexity index is 691. The third-order valence-corrected chi connectivity index (χ3v) is 3.17. The number of nitrogens with zero attached hydrogens (tertiary/aromatic N) is 1. The van der Waals surface area contributed by atoms with Crippen LogP contribution in [0.25, 0.3) is 0 Å². The standard InChI is InChI=1S/C17H20N2O5/c1-11(2)13-4-6-14(7-5-13)18-15(20)9-23-17(21)10-22-16-8-12(3)24-19-16/h4-8,11H,9-10H2,1-3H3,(H,18,20). The van der Waals surface area contributed by atoms with Crippen molar-refractivity contribution < 1.29 is 23.6 Å². The lowest BCUT2D eigenvalue weighted by Gasteiger charge is -2.09. The first-order chi connectivity index (χ1) is 11.4. The van der Waals surface area contributed by atoms with E-state index in [1.54, 1.807) is 13.0 Å². The van der Waals surface area contributed by atoms with Gasteiger partial charge in [0.1, 0.15) is 5.76 Å². The van der Waals surface area contributed by atoms with Gasteiger partial charge in [0.15, 0.2) is 13.2 Å². The number of hydrogen-bond donors (Lipinski definition) is 1. The summed E-state index contributed by atoms with van der Waals surface area (Å²) in [7, 11) is 0. The Morgan fingerprint density at radius 1 is 1.21 bits per heavy atom. The molecule has 0 aliphatic heterocycles. The molecule has 0 fully saturated rings. The summed E-state index contributed by atoms with van der Waals surface area (Å²) in [5.74, 6) is 0.100. The number of rotatable bonds is 7. The molecular weight excluding hydrogens is 312 g/mol. The average molecular weight is 332 g/mol. The zero-order chi connectivity index (χ0) is 17.5. The van der Waals surface area contributed by atoms with Crippen LogP contribution in [-0.4, -0.2) is 30.2 Å². The lowest BCUT2D eigenvalue weighted by atomic mass is 10.0. The topological polar surface area (TPSA) is 90.7 Å². The smallest absolute Gasteiger partial charge is 0.344 e. The quantitative estimate of drug-likeness (QED) is 0.784. The van der Waals surface area contributed by atoms with E-state index in [0.717, 1.165) is 0 Å². The molecule has 24 heavy (non-hydrogen) atoms. The van der Waals surface area contributed by atoms with Gasteiger partial charge in [-0.3, -0.25) is 4.79 Å². The second-order valence-electron chi connectivity index (χ2n) is 5.55. The number of esters is 1. The second kappa shape index (κ2) is 8.14. The maximum atomic E-state index is 11.8. The van der Waals surface area contributed by atoms with E-state index in [4.69, 9.17) is 14.0 Å². The summed E-state index contributed by atoms with van der Waals surface area (Å²) in [6.45, 7) is 5.16. The first-order valence-corrected chi connectivity index (χ1v) is 7.55. The highest BCUT2D eigenvalue weighted by Gasteiger charge is 2.10. The number of nitrogens with one attached hydrogen (secondary N) is 1. The summed E-state index contributed by atoms with van der Waals surface area (Å²) < 4.78 is 14.7. The van der Waals surface area contributed by atoms with Crippen molar-refractivity contribution in [3.05, 3.63) is 41.7 Å². The third kappa shape index (κ3) is 5.42. The van der Waals surface area contributed by atoms with Crippen LogP contribution in [0.15, 0.2) is 34.9 Å². The first kappa shape index (κ1) is 17.5. The van der Waals surface area contributed by atoms with Gasteiger partial charge in [-0.15, -0.1) is 0 Å². The fourth-order valence-electron chi connectivity index (χ4n) is 1.88. The SMILES string of the molecule is Cc1cc(OCC(=O)OCC(=O)Nc2ccc(C(C)C)cc2)no1. The van der Waals surface area contributed by atoms with E-state index >= 15 is 0 Å². The lowest BCUT2D eigenvalue weighted by molar-refractivity contribution is -0.149. The highest BCUT2D eigenvalue weighted by Crippen LogP contribution is 2.17. The van der Waals surface area contributed by atoms with Gasteiger partial charge < -0.3 is 19.3 Å². The molecule has 2 rings (SSSR count). The molecule has 1 aromatic carbocycles. The van der Waals surface area contributed by atoms with Crippen molar-refractivity contribution in [2.24, 2.45) is 0 Å². The van der Waals surface area contributed by atoms with Crippen LogP contribution in [0.3, 0.4) is 0 Å². The molecule has 0 unspecified atom stereocenters. The third-order valence-electron chi connectivity index (χ3n) is 3.17. The number of aryl methyl sites for hydroxylation is 1. The minimum Gasteiger partial charge on any atom is -0.463 e. The Hall–Kier alpha value is -2.83. The summed E-state index contributed by atoms with van der Waals surface area (Å²) in [6, 6.07) is 9.05. The molecule has 128 valence electrons. The van der Waals surface area contributed by atoms with Crippen LogP contribution >= 0.6 is 0 Å². The summed E-state index contributed by atoms with van der Waals surface area (Å²) >= 11 is 0. The predicted molar refractivity (Wildman–Crippen MR) is 86.9 cm³/mol. The number of carbonyl (C=O) groups is 2. The largest absolute Gasteiger partial charge is 0.463 e. The van der Waals surface area contributed by atoms with E-state index in [0.29, 0.717) is 17.4 Å². The zero-order valence-electron chi connectivity index (χ0n) is 13.9. The molecule has 1 aromatic heterocycles. The van der Waals surface area contributed by atoms with Gasteiger partial charge in [-0.25, -0.2) is 4.79 Å². The van der Waals surface area contributed by atoms with Gasteiger partial charge in [0, 0.05) is 11.8 Å². The molecule has 1 heterocycles. The number of amides is 1. The number of hydrogen-bond acceptors (Lipinski definition) is 6. The molecular formula is C17H20N2O5. The van der Waals surface area contributed by atoms with Crippen molar-refractivity contribution in [3.8, 4) is 5.88 Å². The van der Waals surface area contributed by atoms with Gasteiger partial charge in [-0.2, -0.15) is 0 Å². The van der Waals surface area contributed by atoms with Crippen LogP contribution < -0.4 is 10.1 Å². The number of ether oxygens (including phenoxy) is 2. The van der Waals surface area contributed by atoms with Gasteiger partial charge in [-0.05, 0) is 35.7 Å². The van der Waals surface area contributed by atoms with Crippen molar-refractivity contribution in [3.63, 3.8) is 0 Å². The molecule has 0 spiro atoms. The minimum absolute atomic E-state index is 0.194. The van der Waals surface area contributed by atoms with Crippen LogP contribution in [0.5, 0.6) is 5.88 Å². The van der Waals surface area contributed by atoms with E-state index < -0.39 is 11.9 Å². The van der Waals surface area contributed by atoms with E-state index in [-0.39, 0.29) is 19.1 Å². The molecule has 1 N–H and O–H groups in total. The summed E-state index contributed by atoms with van der Waals surface area (Å²) in [5, 5.41) is 6.23. The Kier molecular flexibility index (Phi) is 5.95. The van der Waals surface area contributed by atoms with E-state index in [2.05, 4.69) is 24.3 Å². The average Bonchev–Trinajstić information content (AvgIpc) is 2.97. The lowest BCUT2D eigenvalue weighted by Crippen LogP contribution is -2.23. The van der Waals surface area contributed by atoms with Crippen molar-refractivity contribution in [2.75, 3.05) is 18.5 Å². The Balaban J connectivity index is 1.71. The van der Waals surface area contributed by atoms with Gasteiger partial charge in [-0.1, -0.05) is 26.0 Å². The number of carbonyl (C=O) groups excluding carboxylic acids is 2. The van der Waals surface area contributed by atoms with Crippen LogP contribution in [0.2, 0.25) is 0 Å². The fourth-order valence-corrected chi connectivity index (χ4v) is 1.88. The molecule has 0 bridgehead atoms. The molecule has 0 atom stereocenters. The van der Waals surface area contributed by atoms with E-state index in [9.17, 15) is 9.59 Å². The second-order valence-corrected chi connectivity index (χ2v) is 5.55. The molecule has 0 saturated heterocycles. The van der Waals surface area contributed by atoms with Crippen molar-refractivity contribution in [2.45, 2.75) is 26.7 Å². The van der Waals surface area contributed by atoms with Crippen molar-refractivity contribution >= 4 is 17.6 Å². The molecule has 0 aliphatic rings. The Labute approximate surface area is 139 Å². The summed E-state index contributed by atoms with van der Waals surface area (Å²) in [5.41, 5.74) is 1.83. The van der Waals surface area contributed by atoms with Crippen molar-refractivity contribution in [1.29, 1.82) is 0 Å². The van der Waals surface area contributed by atoms with Crippen LogP contribution in [-0.2, 0) is 14.3 Å². The minimum atomic E-state index is -0.666. The number of anilines is 1. The number of aromatic nitrogens is 1. The molecule has 1 amide bonds. The molecule has 7 heteroatoms. The molecule has 0 saturated carbocycles. The van der Waals surface area contributed by atoms with E-state index in [1.165, 1.54) is 5.56 Å². The van der Waals surface area contributed by atoms with E-state index in [1.807, 2.05) is 24.3 Å². The zero-order valence-corrected chi connectivity index (χ0v) is 13.9. The fraction of sp³-hybridized carbons (Fsp3) is 0.353. The first-order valence-electron chi connectivity index (χ1n) is 7.55. The van der Waals surface area contributed by atoms with Gasteiger partial charge in [0.25, 0.3) is 11.8 Å². The number of benzene rings is 1. The summed E-state index contributed by atoms with van der Waals surface area (Å²) in [6.07, 6.45) is 0. The van der Waals surface area contributed by atoms with Gasteiger partial charge in [0.2, 0.25) is 0 Å². The Morgan fingerprint density at radius 3 is 2.50 bits per heavy atom. The highest BCUT2D eigenvalue weighted by molar-refractivity contribution is 5.92. The molecule has 2 aromatic rings. The van der Waals surface area contributed by atoms with Gasteiger partial charge in [0.05, 0.1) is 0 Å². The van der Waals surface area contributed by atoms with Crippen molar-refractivity contribution in [1.82, 2.24) is 5.16 Å². The van der Waals surface area contributed by atoms with Crippen LogP contribution in [0, 0.1) is 6.92 Å². The predicted octanol–water partition coefficient (Wildman–Crippen LogP) is 2.67. The monoisotopic (exact) mass is 332 g/mol. The van der Waals surface area contributed by atoms with Gasteiger partial charge >= 0.3 is 5.97 Å². The molecule has 0 radical (unpaired) electrons. The molecule has 0 aliphatic carbocycles. The maximum Gasteiger partial charge on any atom is 0.344 e. The molecule has 7 nitrogen and oxygen atoms in total. The highest BCUT2D eigenvalue weighted by atomic mass is 16.6.